The van der Waals surface area contributed by atoms with E-state index in [0.29, 0.717) is 6.04 Å². The van der Waals surface area contributed by atoms with Gasteiger partial charge in [-0.1, -0.05) is 6.07 Å². The number of thiophene rings is 1. The van der Waals surface area contributed by atoms with Crippen LogP contribution in [0.4, 0.5) is 0 Å². The highest BCUT2D eigenvalue weighted by Crippen LogP contribution is 2.17. The minimum Gasteiger partial charge on any atom is -0.465 e. The molecule has 4 heteroatoms. The van der Waals surface area contributed by atoms with Crippen molar-refractivity contribution in [1.82, 2.24) is 10.2 Å². The van der Waals surface area contributed by atoms with Crippen LogP contribution in [0.15, 0.2) is 34.1 Å². The van der Waals surface area contributed by atoms with Crippen LogP contribution in [0.3, 0.4) is 0 Å². The third-order valence-electron chi connectivity index (χ3n) is 3.14. The van der Waals surface area contributed by atoms with Crippen molar-refractivity contribution in [1.29, 1.82) is 0 Å². The second-order valence-electron chi connectivity index (χ2n) is 4.94. The number of aryl methyl sites for hydroxylation is 1. The Kier molecular flexibility index (Phi) is 5.19. The molecule has 2 rings (SSSR count). The van der Waals surface area contributed by atoms with Gasteiger partial charge in [-0.3, -0.25) is 4.90 Å². The molecule has 1 N–H and O–H groups in total. The summed E-state index contributed by atoms with van der Waals surface area (Å²) in [7, 11) is 2.12. The quantitative estimate of drug-likeness (QED) is 0.841. The summed E-state index contributed by atoms with van der Waals surface area (Å²) in [5.74, 6) is 2.01. The van der Waals surface area contributed by atoms with Gasteiger partial charge < -0.3 is 9.73 Å². The molecule has 0 aromatic carbocycles. The third kappa shape index (κ3) is 4.49. The number of nitrogens with zero attached hydrogens (tertiary/aromatic N) is 1. The van der Waals surface area contributed by atoms with Gasteiger partial charge in [-0.15, -0.1) is 11.3 Å². The molecule has 0 bridgehead atoms. The van der Waals surface area contributed by atoms with Gasteiger partial charge in [-0.05, 0) is 44.5 Å². The highest BCUT2D eigenvalue weighted by Gasteiger charge is 2.07. The molecule has 1 atom stereocenters. The van der Waals surface area contributed by atoms with Gasteiger partial charge in [0.2, 0.25) is 0 Å². The molecule has 2 aromatic rings. The van der Waals surface area contributed by atoms with Crippen LogP contribution in [-0.4, -0.2) is 25.0 Å². The molecule has 0 aliphatic carbocycles. The summed E-state index contributed by atoms with van der Waals surface area (Å²) in [5.41, 5.74) is 0. The van der Waals surface area contributed by atoms with E-state index in [-0.39, 0.29) is 0 Å². The first kappa shape index (κ1) is 14.3. The van der Waals surface area contributed by atoms with Gasteiger partial charge >= 0.3 is 0 Å². The molecule has 0 fully saturated rings. The molecule has 0 saturated heterocycles. The van der Waals surface area contributed by atoms with Crippen LogP contribution in [0.5, 0.6) is 0 Å². The average Bonchev–Trinajstić information content (AvgIpc) is 3.00. The molecule has 2 aromatic heterocycles. The van der Waals surface area contributed by atoms with Crippen molar-refractivity contribution in [2.45, 2.75) is 26.4 Å². The third-order valence-corrected chi connectivity index (χ3v) is 4.19. The maximum absolute atomic E-state index is 5.58. The lowest BCUT2D eigenvalue weighted by atomic mass is 10.3. The summed E-state index contributed by atoms with van der Waals surface area (Å²) in [4.78, 5) is 3.66. The van der Waals surface area contributed by atoms with Crippen molar-refractivity contribution < 1.29 is 4.42 Å². The summed E-state index contributed by atoms with van der Waals surface area (Å²) < 4.78 is 5.58. The minimum absolute atomic E-state index is 0.430. The Bertz CT molecular complexity index is 478. The minimum atomic E-state index is 0.430. The fraction of sp³-hybridized carbons (Fsp3) is 0.467. The highest BCUT2D eigenvalue weighted by atomic mass is 32.1. The van der Waals surface area contributed by atoms with Crippen LogP contribution in [-0.2, 0) is 6.54 Å². The van der Waals surface area contributed by atoms with Gasteiger partial charge in [0.15, 0.2) is 0 Å². The Hall–Kier alpha value is -1.10. The second kappa shape index (κ2) is 6.89. The van der Waals surface area contributed by atoms with Crippen molar-refractivity contribution in [3.05, 3.63) is 46.0 Å². The Balaban J connectivity index is 1.68. The molecule has 2 heterocycles. The molecule has 1 unspecified atom stereocenters. The lowest BCUT2D eigenvalue weighted by Crippen LogP contribution is -2.30. The zero-order valence-electron chi connectivity index (χ0n) is 11.8. The number of rotatable bonds is 7. The molecule has 0 aliphatic heterocycles. The fourth-order valence-corrected chi connectivity index (χ4v) is 2.78. The van der Waals surface area contributed by atoms with Gasteiger partial charge in [0, 0.05) is 24.0 Å². The van der Waals surface area contributed by atoms with Gasteiger partial charge in [0.25, 0.3) is 0 Å². The molecule has 104 valence electrons. The number of furan rings is 1. The van der Waals surface area contributed by atoms with Crippen LogP contribution in [0.2, 0.25) is 0 Å². The monoisotopic (exact) mass is 278 g/mol. The Morgan fingerprint density at radius 2 is 2.21 bits per heavy atom. The molecule has 0 spiro atoms. The predicted molar refractivity (Wildman–Crippen MR) is 80.5 cm³/mol. The summed E-state index contributed by atoms with van der Waals surface area (Å²) in [6, 6.07) is 8.77. The molecule has 0 amide bonds. The smallest absolute Gasteiger partial charge is 0.118 e. The second-order valence-corrected chi connectivity index (χ2v) is 5.92. The maximum Gasteiger partial charge on any atom is 0.118 e. The number of hydrogen-bond donors (Lipinski definition) is 1. The van der Waals surface area contributed by atoms with E-state index in [1.165, 1.54) is 4.88 Å². The molecule has 3 nitrogen and oxygen atoms in total. The first-order chi connectivity index (χ1) is 9.15. The van der Waals surface area contributed by atoms with Crippen LogP contribution in [0.1, 0.15) is 29.4 Å². The van der Waals surface area contributed by atoms with E-state index in [2.05, 4.69) is 41.7 Å². The lowest BCUT2D eigenvalue weighted by Gasteiger charge is -2.18. The molecule has 0 saturated carbocycles. The van der Waals surface area contributed by atoms with E-state index in [4.69, 9.17) is 4.42 Å². The highest BCUT2D eigenvalue weighted by molar-refractivity contribution is 7.10. The Morgan fingerprint density at radius 3 is 2.84 bits per heavy atom. The SMILES string of the molecule is Cc1ccc(CN(C)CCNC(C)c2cccs2)o1. The zero-order valence-corrected chi connectivity index (χ0v) is 12.7. The number of likely N-dealkylation sites (N-methyl/N-ethyl adjacent to an activating group) is 1. The van der Waals surface area contributed by atoms with Crippen molar-refractivity contribution in [2.24, 2.45) is 0 Å². The summed E-state index contributed by atoms with van der Waals surface area (Å²) in [6.07, 6.45) is 0. The van der Waals surface area contributed by atoms with Gasteiger partial charge in [-0.25, -0.2) is 0 Å². The summed E-state index contributed by atoms with van der Waals surface area (Å²) in [5, 5.41) is 5.67. The van der Waals surface area contributed by atoms with E-state index in [9.17, 15) is 0 Å². The van der Waals surface area contributed by atoms with Gasteiger partial charge in [-0.2, -0.15) is 0 Å². The van der Waals surface area contributed by atoms with Crippen molar-refractivity contribution >= 4 is 11.3 Å². The van der Waals surface area contributed by atoms with Crippen LogP contribution >= 0.6 is 11.3 Å². The summed E-state index contributed by atoms with van der Waals surface area (Å²) >= 11 is 1.80. The van der Waals surface area contributed by atoms with Crippen LogP contribution in [0.25, 0.3) is 0 Å². The van der Waals surface area contributed by atoms with E-state index in [1.54, 1.807) is 11.3 Å². The standard InChI is InChI=1S/C15H22N2OS/c1-12-6-7-14(18-12)11-17(3)9-8-16-13(2)15-5-4-10-19-15/h4-7,10,13,16H,8-9,11H2,1-3H3. The van der Waals surface area contributed by atoms with Crippen molar-refractivity contribution in [3.8, 4) is 0 Å². The maximum atomic E-state index is 5.58. The largest absolute Gasteiger partial charge is 0.465 e. The van der Waals surface area contributed by atoms with Crippen LogP contribution < -0.4 is 5.32 Å². The Labute approximate surface area is 119 Å². The molecular formula is C15H22N2OS. The van der Waals surface area contributed by atoms with E-state index in [1.807, 2.05) is 19.1 Å². The van der Waals surface area contributed by atoms with Gasteiger partial charge in [0.05, 0.1) is 6.54 Å². The van der Waals surface area contributed by atoms with E-state index >= 15 is 0 Å². The van der Waals surface area contributed by atoms with Crippen molar-refractivity contribution in [3.63, 3.8) is 0 Å². The van der Waals surface area contributed by atoms with Crippen molar-refractivity contribution in [2.75, 3.05) is 20.1 Å². The van der Waals surface area contributed by atoms with E-state index < -0.39 is 0 Å². The first-order valence-electron chi connectivity index (χ1n) is 6.66. The molecule has 0 aliphatic rings. The predicted octanol–water partition coefficient (Wildman–Crippen LogP) is 3.43. The van der Waals surface area contributed by atoms with Crippen LogP contribution in [0, 0.1) is 6.92 Å². The molecule has 0 radical (unpaired) electrons. The van der Waals surface area contributed by atoms with E-state index in [0.717, 1.165) is 31.2 Å². The first-order valence-corrected chi connectivity index (χ1v) is 7.54. The molecule has 19 heavy (non-hydrogen) atoms. The lowest BCUT2D eigenvalue weighted by molar-refractivity contribution is 0.288. The Morgan fingerprint density at radius 1 is 1.37 bits per heavy atom. The average molecular weight is 278 g/mol. The number of nitrogens with one attached hydrogen (secondary N) is 1. The zero-order chi connectivity index (χ0) is 13.7. The summed E-state index contributed by atoms with van der Waals surface area (Å²) in [6.45, 7) is 7.04. The number of hydrogen-bond acceptors (Lipinski definition) is 4. The fourth-order valence-electron chi connectivity index (χ4n) is 2.03. The van der Waals surface area contributed by atoms with Gasteiger partial charge in [0.1, 0.15) is 11.5 Å². The topological polar surface area (TPSA) is 28.4 Å². The normalized spacial score (nSPS) is 13.1. The molecular weight excluding hydrogens is 256 g/mol.